The lowest BCUT2D eigenvalue weighted by Gasteiger charge is -2.03. The molecule has 0 aliphatic heterocycles. The number of hydrogen-bond donors (Lipinski definition) is 1. The van der Waals surface area contributed by atoms with Crippen LogP contribution in [0.2, 0.25) is 0 Å². The molecule has 82 valence electrons. The molecule has 1 N–H and O–H groups in total. The number of furan rings is 1. The highest BCUT2D eigenvalue weighted by Gasteiger charge is 2.09. The van der Waals surface area contributed by atoms with Gasteiger partial charge in [0.15, 0.2) is 5.76 Å². The Bertz CT molecular complexity index is 488. The Balaban J connectivity index is 2.18. The smallest absolute Gasteiger partial charge is 0.291 e. The average Bonchev–Trinajstić information content (AvgIpc) is 2.68. The van der Waals surface area contributed by atoms with Crippen molar-refractivity contribution >= 4 is 11.6 Å². The van der Waals surface area contributed by atoms with Crippen molar-refractivity contribution in [2.75, 3.05) is 5.32 Å². The van der Waals surface area contributed by atoms with Gasteiger partial charge in [0.05, 0.1) is 6.26 Å². The molecule has 0 aliphatic carbocycles. The van der Waals surface area contributed by atoms with Gasteiger partial charge in [0.25, 0.3) is 5.91 Å². The van der Waals surface area contributed by atoms with Crippen LogP contribution in [0.25, 0.3) is 0 Å². The quantitative estimate of drug-likeness (QED) is 0.850. The van der Waals surface area contributed by atoms with Crippen LogP contribution in [0.3, 0.4) is 0 Å². The Labute approximate surface area is 89.7 Å². The maximum atomic E-state index is 12.8. The minimum Gasteiger partial charge on any atom is -0.459 e. The summed E-state index contributed by atoms with van der Waals surface area (Å²) in [4.78, 5) is 11.4. The first-order chi connectivity index (χ1) is 7.65. The number of nitrogens with one attached hydrogen (secondary N) is 1. The van der Waals surface area contributed by atoms with Crippen LogP contribution < -0.4 is 5.32 Å². The van der Waals surface area contributed by atoms with Gasteiger partial charge in [-0.3, -0.25) is 4.79 Å². The summed E-state index contributed by atoms with van der Waals surface area (Å²) in [6.45, 7) is 0. The first kappa shape index (κ1) is 10.4. The normalized spacial score (nSPS) is 10.1. The summed E-state index contributed by atoms with van der Waals surface area (Å²) in [5.74, 6) is -2.00. The van der Waals surface area contributed by atoms with Gasteiger partial charge in [0.2, 0.25) is 0 Å². The number of carbonyl (C=O) groups is 1. The number of rotatable bonds is 2. The molecular formula is C11H7F2NO2. The predicted octanol–water partition coefficient (Wildman–Crippen LogP) is 2.81. The van der Waals surface area contributed by atoms with E-state index in [1.807, 2.05) is 0 Å². The molecule has 0 spiro atoms. The minimum atomic E-state index is -0.755. The maximum absolute atomic E-state index is 12.8. The third-order valence-electron chi connectivity index (χ3n) is 1.87. The second-order valence-corrected chi connectivity index (χ2v) is 3.09. The predicted molar refractivity (Wildman–Crippen MR) is 53.0 cm³/mol. The molecule has 1 heterocycles. The van der Waals surface area contributed by atoms with Gasteiger partial charge in [-0.15, -0.1) is 0 Å². The first-order valence-electron chi connectivity index (χ1n) is 4.46. The van der Waals surface area contributed by atoms with Crippen molar-refractivity contribution < 1.29 is 18.0 Å². The molecule has 2 rings (SSSR count). The van der Waals surface area contributed by atoms with E-state index < -0.39 is 17.5 Å². The van der Waals surface area contributed by atoms with Crippen LogP contribution in [-0.4, -0.2) is 5.91 Å². The minimum absolute atomic E-state index is 0.0406. The van der Waals surface area contributed by atoms with E-state index in [0.29, 0.717) is 0 Å². The molecule has 0 atom stereocenters. The van der Waals surface area contributed by atoms with Crippen LogP contribution in [0, 0.1) is 11.6 Å². The number of carbonyl (C=O) groups excluding carboxylic acids is 1. The molecule has 0 aliphatic rings. The fourth-order valence-corrected chi connectivity index (χ4v) is 1.23. The molecule has 1 aromatic carbocycles. The van der Waals surface area contributed by atoms with E-state index >= 15 is 0 Å². The van der Waals surface area contributed by atoms with E-state index in [2.05, 4.69) is 5.32 Å². The standard InChI is InChI=1S/C11H7F2NO2/c12-7-4-8(13)6-9(5-7)14-11(15)10-2-1-3-16-10/h1-6H,(H,14,15). The Morgan fingerprint density at radius 3 is 2.44 bits per heavy atom. The molecular weight excluding hydrogens is 216 g/mol. The Morgan fingerprint density at radius 1 is 1.19 bits per heavy atom. The fourth-order valence-electron chi connectivity index (χ4n) is 1.23. The zero-order valence-corrected chi connectivity index (χ0v) is 8.04. The lowest BCUT2D eigenvalue weighted by atomic mass is 10.3. The molecule has 0 bridgehead atoms. The van der Waals surface area contributed by atoms with Crippen molar-refractivity contribution in [1.29, 1.82) is 0 Å². The zero-order valence-electron chi connectivity index (χ0n) is 8.04. The molecule has 1 aromatic heterocycles. The monoisotopic (exact) mass is 223 g/mol. The van der Waals surface area contributed by atoms with Crippen LogP contribution in [0.5, 0.6) is 0 Å². The molecule has 0 fully saturated rings. The van der Waals surface area contributed by atoms with Crippen molar-refractivity contribution in [2.45, 2.75) is 0 Å². The highest BCUT2D eigenvalue weighted by atomic mass is 19.1. The van der Waals surface area contributed by atoms with Gasteiger partial charge in [0, 0.05) is 11.8 Å². The molecule has 0 saturated carbocycles. The average molecular weight is 223 g/mol. The van der Waals surface area contributed by atoms with E-state index in [0.717, 1.165) is 18.2 Å². The van der Waals surface area contributed by atoms with Gasteiger partial charge >= 0.3 is 0 Å². The first-order valence-corrected chi connectivity index (χ1v) is 4.46. The number of benzene rings is 1. The largest absolute Gasteiger partial charge is 0.459 e. The van der Waals surface area contributed by atoms with Gasteiger partial charge in [-0.2, -0.15) is 0 Å². The van der Waals surface area contributed by atoms with Crippen LogP contribution >= 0.6 is 0 Å². The fraction of sp³-hybridized carbons (Fsp3) is 0. The summed E-state index contributed by atoms with van der Waals surface area (Å²) in [6, 6.07) is 5.75. The summed E-state index contributed by atoms with van der Waals surface area (Å²) >= 11 is 0. The van der Waals surface area contributed by atoms with Gasteiger partial charge in [-0.25, -0.2) is 8.78 Å². The van der Waals surface area contributed by atoms with E-state index in [1.54, 1.807) is 6.07 Å². The van der Waals surface area contributed by atoms with Crippen LogP contribution in [0.4, 0.5) is 14.5 Å². The molecule has 0 unspecified atom stereocenters. The Hall–Kier alpha value is -2.17. The molecule has 0 saturated heterocycles. The van der Waals surface area contributed by atoms with Crippen LogP contribution in [0.1, 0.15) is 10.6 Å². The Kier molecular flexibility index (Phi) is 2.68. The van der Waals surface area contributed by atoms with Gasteiger partial charge in [-0.1, -0.05) is 0 Å². The van der Waals surface area contributed by atoms with Gasteiger partial charge in [-0.05, 0) is 24.3 Å². The van der Waals surface area contributed by atoms with Crippen molar-refractivity contribution in [3.8, 4) is 0 Å². The molecule has 5 heteroatoms. The highest BCUT2D eigenvalue weighted by molar-refractivity contribution is 6.02. The summed E-state index contributed by atoms with van der Waals surface area (Å²) in [6.07, 6.45) is 1.33. The maximum Gasteiger partial charge on any atom is 0.291 e. The number of amides is 1. The van der Waals surface area contributed by atoms with E-state index in [4.69, 9.17) is 4.42 Å². The molecule has 2 aromatic rings. The molecule has 3 nitrogen and oxygen atoms in total. The zero-order chi connectivity index (χ0) is 11.5. The summed E-state index contributed by atoms with van der Waals surface area (Å²) in [5.41, 5.74) is 0.0406. The lowest BCUT2D eigenvalue weighted by molar-refractivity contribution is 0.0996. The summed E-state index contributed by atoms with van der Waals surface area (Å²) < 4.78 is 30.4. The van der Waals surface area contributed by atoms with Gasteiger partial charge in [0.1, 0.15) is 11.6 Å². The van der Waals surface area contributed by atoms with Crippen molar-refractivity contribution in [3.63, 3.8) is 0 Å². The number of anilines is 1. The second kappa shape index (κ2) is 4.14. The van der Waals surface area contributed by atoms with Crippen LogP contribution in [0.15, 0.2) is 41.0 Å². The summed E-state index contributed by atoms with van der Waals surface area (Å²) in [7, 11) is 0. The van der Waals surface area contributed by atoms with Crippen molar-refractivity contribution in [3.05, 3.63) is 54.0 Å². The van der Waals surface area contributed by atoms with Gasteiger partial charge < -0.3 is 9.73 Å². The topological polar surface area (TPSA) is 42.2 Å². The van der Waals surface area contributed by atoms with E-state index in [-0.39, 0.29) is 11.4 Å². The molecule has 1 amide bonds. The van der Waals surface area contributed by atoms with Crippen molar-refractivity contribution in [2.24, 2.45) is 0 Å². The molecule has 16 heavy (non-hydrogen) atoms. The number of hydrogen-bond acceptors (Lipinski definition) is 2. The second-order valence-electron chi connectivity index (χ2n) is 3.09. The lowest BCUT2D eigenvalue weighted by Crippen LogP contribution is -2.11. The third kappa shape index (κ3) is 2.25. The SMILES string of the molecule is O=C(Nc1cc(F)cc(F)c1)c1ccco1. The van der Waals surface area contributed by atoms with Crippen LogP contribution in [-0.2, 0) is 0 Å². The van der Waals surface area contributed by atoms with E-state index in [1.165, 1.54) is 12.3 Å². The molecule has 0 radical (unpaired) electrons. The summed E-state index contributed by atoms with van der Waals surface area (Å²) in [5, 5.41) is 2.31. The third-order valence-corrected chi connectivity index (χ3v) is 1.87. The highest BCUT2D eigenvalue weighted by Crippen LogP contribution is 2.14. The number of halogens is 2. The van der Waals surface area contributed by atoms with E-state index in [9.17, 15) is 13.6 Å². The van der Waals surface area contributed by atoms with Crippen molar-refractivity contribution in [1.82, 2.24) is 0 Å². The Morgan fingerprint density at radius 2 is 1.88 bits per heavy atom.